The number of hydrogen-bond donors (Lipinski definition) is 0. The Morgan fingerprint density at radius 3 is 2.61 bits per heavy atom. The van der Waals surface area contributed by atoms with Gasteiger partial charge in [0.2, 0.25) is 0 Å². The van der Waals surface area contributed by atoms with Gasteiger partial charge >= 0.3 is 0 Å². The molecule has 18 heavy (non-hydrogen) atoms. The van der Waals surface area contributed by atoms with Crippen LogP contribution >= 0.6 is 0 Å². The lowest BCUT2D eigenvalue weighted by atomic mass is 10.1. The monoisotopic (exact) mass is 249 g/mol. The minimum absolute atomic E-state index is 0.0597. The zero-order chi connectivity index (χ0) is 13.7. The first-order chi connectivity index (χ1) is 8.47. The van der Waals surface area contributed by atoms with E-state index in [4.69, 9.17) is 4.74 Å². The van der Waals surface area contributed by atoms with E-state index in [9.17, 15) is 4.79 Å². The highest BCUT2D eigenvalue weighted by molar-refractivity contribution is 5.98. The predicted octanol–water partition coefficient (Wildman–Crippen LogP) is 3.29. The van der Waals surface area contributed by atoms with Gasteiger partial charge in [-0.3, -0.25) is 4.79 Å². The number of Topliss-reactive ketones (excluding diaryl/α,β-unsaturated/α-hetero) is 1. The summed E-state index contributed by atoms with van der Waals surface area (Å²) in [6, 6.07) is 1.95. The normalized spacial score (nSPS) is 10.7. The maximum atomic E-state index is 12.0. The summed E-state index contributed by atoms with van der Waals surface area (Å²) in [6.45, 7) is 13.5. The maximum absolute atomic E-state index is 12.0. The Bertz CT molecular complexity index is 444. The molecule has 0 aliphatic rings. The number of ether oxygens (including phenoxy) is 1. The summed E-state index contributed by atoms with van der Waals surface area (Å²) in [4.78, 5) is 12.0. The Morgan fingerprint density at radius 1 is 1.44 bits per heavy atom. The zero-order valence-electron chi connectivity index (χ0n) is 11.9. The molecule has 3 nitrogen and oxygen atoms in total. The minimum Gasteiger partial charge on any atom is -0.373 e. The van der Waals surface area contributed by atoms with Gasteiger partial charge in [0.05, 0.1) is 6.61 Å². The molecule has 0 fully saturated rings. The van der Waals surface area contributed by atoms with E-state index in [0.29, 0.717) is 6.61 Å². The van der Waals surface area contributed by atoms with Crippen LogP contribution in [0.15, 0.2) is 18.2 Å². The number of rotatable bonds is 7. The molecule has 0 N–H and O–H groups in total. The van der Waals surface area contributed by atoms with Crippen LogP contribution in [0.3, 0.4) is 0 Å². The second-order valence-corrected chi connectivity index (χ2v) is 4.71. The van der Waals surface area contributed by atoms with Crippen molar-refractivity contribution in [2.24, 2.45) is 0 Å². The fourth-order valence-corrected chi connectivity index (χ4v) is 2.06. The molecule has 0 saturated carbocycles. The summed E-state index contributed by atoms with van der Waals surface area (Å²) in [7, 11) is 0. The molecule has 100 valence electrons. The molecule has 1 heterocycles. The molecule has 1 aromatic rings. The number of aromatic nitrogens is 1. The minimum atomic E-state index is 0.0597. The summed E-state index contributed by atoms with van der Waals surface area (Å²) < 4.78 is 7.52. The first-order valence-electron chi connectivity index (χ1n) is 6.39. The van der Waals surface area contributed by atoms with Gasteiger partial charge in [-0.05, 0) is 40.2 Å². The molecular formula is C15H23NO2. The van der Waals surface area contributed by atoms with E-state index >= 15 is 0 Å². The lowest BCUT2D eigenvalue weighted by Gasteiger charge is -2.06. The van der Waals surface area contributed by atoms with Gasteiger partial charge in [0.15, 0.2) is 5.78 Å². The van der Waals surface area contributed by atoms with E-state index < -0.39 is 0 Å². The number of ketones is 1. The Morgan fingerprint density at radius 2 is 2.11 bits per heavy atom. The number of aryl methyl sites for hydroxylation is 1. The molecule has 0 unspecified atom stereocenters. The van der Waals surface area contributed by atoms with Crippen LogP contribution in [-0.2, 0) is 11.3 Å². The third kappa shape index (κ3) is 3.57. The quantitative estimate of drug-likeness (QED) is 0.422. The number of carbonyl (C=O) groups is 1. The van der Waals surface area contributed by atoms with Gasteiger partial charge in [-0.1, -0.05) is 5.57 Å². The van der Waals surface area contributed by atoms with Crippen LogP contribution in [0.1, 0.15) is 42.0 Å². The highest BCUT2D eigenvalue weighted by Crippen LogP contribution is 2.15. The highest BCUT2D eigenvalue weighted by Gasteiger charge is 2.14. The van der Waals surface area contributed by atoms with Gasteiger partial charge in [-0.15, -0.1) is 6.58 Å². The summed E-state index contributed by atoms with van der Waals surface area (Å²) in [5, 5.41) is 0. The standard InChI is InChI=1S/C15H23NO2/c1-6-16-12(4)9-14(13(16)5)15(17)10-18-8-7-11(2)3/h9H,2,6-8,10H2,1,3-5H3. The molecule has 0 amide bonds. The predicted molar refractivity (Wildman–Crippen MR) is 74.2 cm³/mol. The van der Waals surface area contributed by atoms with Crippen molar-refractivity contribution in [1.29, 1.82) is 0 Å². The molecule has 0 aliphatic heterocycles. The fourth-order valence-electron chi connectivity index (χ4n) is 2.06. The van der Waals surface area contributed by atoms with Crippen LogP contribution in [0.5, 0.6) is 0 Å². The molecular weight excluding hydrogens is 226 g/mol. The van der Waals surface area contributed by atoms with Gasteiger partial charge < -0.3 is 9.30 Å². The van der Waals surface area contributed by atoms with Gasteiger partial charge in [0.1, 0.15) is 6.61 Å². The van der Waals surface area contributed by atoms with Gasteiger partial charge in [-0.25, -0.2) is 0 Å². The second-order valence-electron chi connectivity index (χ2n) is 4.71. The van der Waals surface area contributed by atoms with E-state index in [-0.39, 0.29) is 12.4 Å². The lowest BCUT2D eigenvalue weighted by molar-refractivity contribution is 0.0765. The molecule has 0 radical (unpaired) electrons. The highest BCUT2D eigenvalue weighted by atomic mass is 16.5. The first-order valence-corrected chi connectivity index (χ1v) is 6.39. The number of hydrogen-bond acceptors (Lipinski definition) is 2. The Kier molecular flexibility index (Phi) is 5.35. The third-order valence-corrected chi connectivity index (χ3v) is 3.10. The van der Waals surface area contributed by atoms with Crippen LogP contribution in [0.2, 0.25) is 0 Å². The maximum Gasteiger partial charge on any atom is 0.190 e. The SMILES string of the molecule is C=C(C)CCOCC(=O)c1cc(C)n(CC)c1C. The summed E-state index contributed by atoms with van der Waals surface area (Å²) in [6.07, 6.45) is 0.807. The Balaban J connectivity index is 2.59. The molecule has 0 bridgehead atoms. The van der Waals surface area contributed by atoms with E-state index in [0.717, 1.165) is 35.5 Å². The molecule has 0 atom stereocenters. The van der Waals surface area contributed by atoms with Crippen LogP contribution in [-0.4, -0.2) is 23.6 Å². The smallest absolute Gasteiger partial charge is 0.190 e. The van der Waals surface area contributed by atoms with Crippen molar-refractivity contribution in [2.75, 3.05) is 13.2 Å². The van der Waals surface area contributed by atoms with Crippen LogP contribution in [0.25, 0.3) is 0 Å². The summed E-state index contributed by atoms with van der Waals surface area (Å²) in [5.41, 5.74) is 4.01. The van der Waals surface area contributed by atoms with Crippen molar-refractivity contribution in [1.82, 2.24) is 4.57 Å². The number of nitrogens with zero attached hydrogens (tertiary/aromatic N) is 1. The zero-order valence-corrected chi connectivity index (χ0v) is 11.9. The van der Waals surface area contributed by atoms with E-state index in [1.165, 1.54) is 0 Å². The van der Waals surface area contributed by atoms with E-state index in [1.807, 2.05) is 26.8 Å². The van der Waals surface area contributed by atoms with E-state index in [2.05, 4.69) is 18.1 Å². The molecule has 0 aliphatic carbocycles. The van der Waals surface area contributed by atoms with Crippen LogP contribution < -0.4 is 0 Å². The Hall–Kier alpha value is -1.35. The summed E-state index contributed by atoms with van der Waals surface area (Å²) >= 11 is 0. The lowest BCUT2D eigenvalue weighted by Crippen LogP contribution is -2.11. The molecule has 1 aromatic heterocycles. The van der Waals surface area contributed by atoms with Crippen LogP contribution in [0, 0.1) is 13.8 Å². The van der Waals surface area contributed by atoms with Crippen molar-refractivity contribution in [2.45, 2.75) is 40.7 Å². The average Bonchev–Trinajstić information content (AvgIpc) is 2.59. The largest absolute Gasteiger partial charge is 0.373 e. The first kappa shape index (κ1) is 14.7. The molecule has 0 saturated heterocycles. The van der Waals surface area contributed by atoms with Gasteiger partial charge in [0, 0.05) is 23.5 Å². The van der Waals surface area contributed by atoms with E-state index in [1.54, 1.807) is 0 Å². The molecule has 0 aromatic carbocycles. The Labute approximate surface area is 109 Å². The average molecular weight is 249 g/mol. The van der Waals surface area contributed by atoms with Crippen molar-refractivity contribution in [3.63, 3.8) is 0 Å². The van der Waals surface area contributed by atoms with Crippen molar-refractivity contribution in [3.05, 3.63) is 35.2 Å². The van der Waals surface area contributed by atoms with Crippen molar-refractivity contribution >= 4 is 5.78 Å². The van der Waals surface area contributed by atoms with Crippen molar-refractivity contribution < 1.29 is 9.53 Å². The molecule has 3 heteroatoms. The van der Waals surface area contributed by atoms with Crippen LogP contribution in [0.4, 0.5) is 0 Å². The van der Waals surface area contributed by atoms with Gasteiger partial charge in [0.25, 0.3) is 0 Å². The summed E-state index contributed by atoms with van der Waals surface area (Å²) in [5.74, 6) is 0.0597. The van der Waals surface area contributed by atoms with Crippen molar-refractivity contribution in [3.8, 4) is 0 Å². The molecule has 0 spiro atoms. The fraction of sp³-hybridized carbons (Fsp3) is 0.533. The number of carbonyl (C=O) groups excluding carboxylic acids is 1. The van der Waals surface area contributed by atoms with Gasteiger partial charge in [-0.2, -0.15) is 0 Å². The third-order valence-electron chi connectivity index (χ3n) is 3.10. The second kappa shape index (κ2) is 6.55. The topological polar surface area (TPSA) is 31.2 Å². The molecule has 1 rings (SSSR count).